The molecule has 4 fully saturated rings. The van der Waals surface area contributed by atoms with Crippen molar-refractivity contribution in [2.75, 3.05) is 18.8 Å². The van der Waals surface area contributed by atoms with Crippen LogP contribution in [0.25, 0.3) is 0 Å². The summed E-state index contributed by atoms with van der Waals surface area (Å²) in [5, 5.41) is 15.6. The Kier molecular flexibility index (Phi) is 4.81. The zero-order valence-electron chi connectivity index (χ0n) is 13.3. The lowest BCUT2D eigenvalue weighted by atomic mass is 9.88. The molecule has 0 spiro atoms. The van der Waals surface area contributed by atoms with Crippen LogP contribution in [-0.2, 0) is 4.79 Å². The third kappa shape index (κ3) is 3.09. The number of halogens is 2. The molecule has 2 saturated carbocycles. The van der Waals surface area contributed by atoms with E-state index in [1.165, 1.54) is 0 Å². The minimum absolute atomic E-state index is 0.0948. The number of hydrogen-bond donors (Lipinski definition) is 2. The zero-order valence-corrected chi connectivity index (χ0v) is 15.7. The fourth-order valence-electron chi connectivity index (χ4n) is 4.53. The van der Waals surface area contributed by atoms with Crippen molar-refractivity contribution in [2.24, 2.45) is 17.8 Å². The molecule has 2 aliphatic carbocycles. The van der Waals surface area contributed by atoms with E-state index in [1.807, 2.05) is 22.9 Å². The number of thioether (sulfide) groups is 1. The number of nitrogens with one attached hydrogen (secondary N) is 2. The van der Waals surface area contributed by atoms with Gasteiger partial charge in [-0.1, -0.05) is 0 Å². The number of carbonyl (C=O) groups is 1. The maximum absolute atomic E-state index is 12.8. The Morgan fingerprint density at radius 3 is 2.67 bits per heavy atom. The Morgan fingerprint density at radius 1 is 1.25 bits per heavy atom. The Hall–Kier alpha value is -0.350. The van der Waals surface area contributed by atoms with Crippen LogP contribution >= 0.6 is 35.0 Å². The van der Waals surface area contributed by atoms with Crippen molar-refractivity contribution >= 4 is 40.9 Å². The van der Waals surface area contributed by atoms with Gasteiger partial charge in [-0.15, -0.1) is 35.0 Å². The Morgan fingerprint density at radius 2 is 2.00 bits per heavy atom. The first-order chi connectivity index (χ1) is 11.6. The summed E-state index contributed by atoms with van der Waals surface area (Å²) in [6.45, 7) is 1.57. The minimum atomic E-state index is -0.0996. The number of nitriles is 1. The van der Waals surface area contributed by atoms with Crippen LogP contribution in [0.15, 0.2) is 0 Å². The second kappa shape index (κ2) is 6.75. The highest BCUT2D eigenvalue weighted by atomic mass is 35.5. The van der Waals surface area contributed by atoms with E-state index in [9.17, 15) is 4.79 Å². The van der Waals surface area contributed by atoms with Gasteiger partial charge in [0.1, 0.15) is 0 Å². The molecule has 2 saturated heterocycles. The average molecular weight is 389 g/mol. The van der Waals surface area contributed by atoms with Crippen molar-refractivity contribution in [2.45, 2.75) is 47.5 Å². The van der Waals surface area contributed by atoms with Crippen LogP contribution in [0.4, 0.5) is 0 Å². The lowest BCUT2D eigenvalue weighted by Gasteiger charge is -2.34. The molecule has 0 aromatic rings. The molecule has 0 aromatic carbocycles. The van der Waals surface area contributed by atoms with Crippen LogP contribution in [0.2, 0.25) is 0 Å². The topological polar surface area (TPSA) is 68.2 Å². The highest BCUT2D eigenvalue weighted by molar-refractivity contribution is 8.00. The average Bonchev–Trinajstić information content (AvgIpc) is 2.98. The Bertz CT molecular complexity index is 547. The van der Waals surface area contributed by atoms with Crippen LogP contribution in [0, 0.1) is 29.2 Å². The highest BCUT2D eigenvalue weighted by Crippen LogP contribution is 2.46. The van der Waals surface area contributed by atoms with Crippen molar-refractivity contribution < 1.29 is 4.79 Å². The second-order valence-electron chi connectivity index (χ2n) is 7.42. The molecule has 8 atom stereocenters. The van der Waals surface area contributed by atoms with Crippen molar-refractivity contribution in [3.8, 4) is 6.19 Å². The number of piperidine rings is 1. The molecular formula is C16H22Cl2N4OS. The van der Waals surface area contributed by atoms with Crippen LogP contribution in [0.1, 0.15) is 19.3 Å². The number of amides is 1. The number of carbonyl (C=O) groups excluding carboxylic acids is 1. The monoisotopic (exact) mass is 388 g/mol. The van der Waals surface area contributed by atoms with Gasteiger partial charge in [0.2, 0.25) is 5.91 Å². The normalized spacial score (nSPS) is 47.1. The van der Waals surface area contributed by atoms with Gasteiger partial charge in [0.05, 0.1) is 11.4 Å². The summed E-state index contributed by atoms with van der Waals surface area (Å²) in [7, 11) is 0. The summed E-state index contributed by atoms with van der Waals surface area (Å²) in [6.07, 6.45) is 4.91. The quantitative estimate of drug-likeness (QED) is 0.436. The molecule has 0 bridgehead atoms. The zero-order chi connectivity index (χ0) is 16.8. The van der Waals surface area contributed by atoms with Crippen LogP contribution in [0.3, 0.4) is 0 Å². The maximum Gasteiger partial charge on any atom is 0.240 e. The van der Waals surface area contributed by atoms with Gasteiger partial charge in [0.25, 0.3) is 0 Å². The Labute approximate surface area is 156 Å². The molecule has 4 rings (SSSR count). The highest BCUT2D eigenvalue weighted by Gasteiger charge is 2.57. The fraction of sp³-hybridized carbons (Fsp3) is 0.875. The standard InChI is InChI=1S/C16H22Cl2N4OS/c17-8-1-2-9(12(18)3-8)15-21-13(6-24-15)16(23)22-4-10-11(5-22)14(10)20-7-19/h8-15,20-21H,1-6H2/t8?,9?,10-,11+,12?,13?,14?,15?. The third-order valence-electron chi connectivity index (χ3n) is 5.99. The lowest BCUT2D eigenvalue weighted by molar-refractivity contribution is -0.132. The minimum Gasteiger partial charge on any atom is -0.341 e. The molecule has 2 heterocycles. The van der Waals surface area contributed by atoms with Gasteiger partial charge in [-0.25, -0.2) is 0 Å². The summed E-state index contributed by atoms with van der Waals surface area (Å²) < 4.78 is 0. The summed E-state index contributed by atoms with van der Waals surface area (Å²) in [5.74, 6) is 2.35. The maximum atomic E-state index is 12.8. The molecule has 6 unspecified atom stereocenters. The van der Waals surface area contributed by atoms with Gasteiger partial charge in [-0.3, -0.25) is 10.1 Å². The lowest BCUT2D eigenvalue weighted by Crippen LogP contribution is -2.49. The van der Waals surface area contributed by atoms with E-state index in [-0.39, 0.29) is 28.1 Å². The van der Waals surface area contributed by atoms with E-state index in [4.69, 9.17) is 28.5 Å². The summed E-state index contributed by atoms with van der Waals surface area (Å²) >= 11 is 14.5. The summed E-state index contributed by atoms with van der Waals surface area (Å²) in [6, 6.07) is 0.193. The number of hydrogen-bond acceptors (Lipinski definition) is 5. The molecule has 24 heavy (non-hydrogen) atoms. The molecule has 2 N–H and O–H groups in total. The van der Waals surface area contributed by atoms with Crippen molar-refractivity contribution in [3.05, 3.63) is 0 Å². The smallest absolute Gasteiger partial charge is 0.240 e. The van der Waals surface area contributed by atoms with E-state index in [0.29, 0.717) is 23.8 Å². The molecule has 4 aliphatic rings. The molecule has 0 aromatic heterocycles. The van der Waals surface area contributed by atoms with E-state index in [1.54, 1.807) is 0 Å². The largest absolute Gasteiger partial charge is 0.341 e. The van der Waals surface area contributed by atoms with Gasteiger partial charge in [0, 0.05) is 53.4 Å². The van der Waals surface area contributed by atoms with E-state index < -0.39 is 0 Å². The first-order valence-electron chi connectivity index (χ1n) is 8.67. The summed E-state index contributed by atoms with van der Waals surface area (Å²) in [5.41, 5.74) is 0. The fourth-order valence-corrected chi connectivity index (χ4v) is 6.99. The molecule has 2 aliphatic heterocycles. The van der Waals surface area contributed by atoms with Crippen LogP contribution in [-0.4, -0.2) is 57.9 Å². The molecule has 5 nitrogen and oxygen atoms in total. The Balaban J connectivity index is 1.28. The third-order valence-corrected chi connectivity index (χ3v) is 8.26. The number of rotatable bonds is 3. The molecular weight excluding hydrogens is 367 g/mol. The van der Waals surface area contributed by atoms with Crippen molar-refractivity contribution in [1.29, 1.82) is 5.26 Å². The SMILES string of the molecule is N#CNC1[C@H]2CN(C(=O)C3CSC(C4CCC(Cl)CC4Cl)N3)C[C@@H]12. The summed E-state index contributed by atoms with van der Waals surface area (Å²) in [4.78, 5) is 14.7. The second-order valence-corrected chi connectivity index (χ2v) is 9.77. The van der Waals surface area contributed by atoms with Gasteiger partial charge in [-0.05, 0) is 19.3 Å². The molecule has 0 radical (unpaired) electrons. The number of alkyl halides is 2. The molecule has 8 heteroatoms. The molecule has 1 amide bonds. The van der Waals surface area contributed by atoms with Gasteiger partial charge < -0.3 is 10.2 Å². The van der Waals surface area contributed by atoms with Crippen LogP contribution in [0.5, 0.6) is 0 Å². The van der Waals surface area contributed by atoms with Crippen LogP contribution < -0.4 is 10.6 Å². The van der Waals surface area contributed by atoms with Crippen molar-refractivity contribution in [1.82, 2.24) is 15.5 Å². The van der Waals surface area contributed by atoms with E-state index >= 15 is 0 Å². The van der Waals surface area contributed by atoms with Crippen molar-refractivity contribution in [3.63, 3.8) is 0 Å². The molecule has 132 valence electrons. The first kappa shape index (κ1) is 17.1. The van der Waals surface area contributed by atoms with Gasteiger partial charge >= 0.3 is 0 Å². The van der Waals surface area contributed by atoms with Gasteiger partial charge in [-0.2, -0.15) is 5.26 Å². The predicted octanol–water partition coefficient (Wildman–Crippen LogP) is 1.56. The number of likely N-dealkylation sites (tertiary alicyclic amines) is 1. The van der Waals surface area contributed by atoms with Gasteiger partial charge in [0.15, 0.2) is 6.19 Å². The van der Waals surface area contributed by atoms with E-state index in [2.05, 4.69) is 10.6 Å². The predicted molar refractivity (Wildman–Crippen MR) is 95.9 cm³/mol. The number of nitrogens with zero attached hydrogens (tertiary/aromatic N) is 2. The number of fused-ring (bicyclic) bond motifs is 1. The first-order valence-corrected chi connectivity index (χ1v) is 10.6. The van der Waals surface area contributed by atoms with E-state index in [0.717, 1.165) is 38.1 Å².